The van der Waals surface area contributed by atoms with E-state index in [-0.39, 0.29) is 11.9 Å². The molecule has 1 saturated heterocycles. The molecule has 2 aliphatic heterocycles. The number of pyridine rings is 1. The molecule has 0 saturated carbocycles. The zero-order valence-corrected chi connectivity index (χ0v) is 18.8. The number of phenols is 1. The van der Waals surface area contributed by atoms with Crippen molar-refractivity contribution in [1.82, 2.24) is 29.8 Å². The molecular weight excluding hydrogens is 420 g/mol. The van der Waals surface area contributed by atoms with E-state index >= 15 is 0 Å². The third kappa shape index (κ3) is 4.81. The van der Waals surface area contributed by atoms with Crippen LogP contribution in [0.3, 0.4) is 0 Å². The number of aliphatic imine (C=N–C) groups is 1. The number of ether oxygens (including phenoxy) is 1. The van der Waals surface area contributed by atoms with Crippen LogP contribution in [0.15, 0.2) is 47.7 Å². The summed E-state index contributed by atoms with van der Waals surface area (Å²) in [5.41, 5.74) is 4.56. The highest BCUT2D eigenvalue weighted by atomic mass is 16.5. The largest absolute Gasteiger partial charge is 0.508 e. The van der Waals surface area contributed by atoms with Crippen LogP contribution in [0, 0.1) is 0 Å². The number of hydrogen-bond donors (Lipinski definition) is 2. The number of morpholine rings is 1. The van der Waals surface area contributed by atoms with Crippen molar-refractivity contribution >= 4 is 11.5 Å². The fourth-order valence-corrected chi connectivity index (χ4v) is 4.10. The molecule has 2 N–H and O–H groups in total. The minimum absolute atomic E-state index is 0.217. The fraction of sp³-hybridized carbons (Fsp3) is 0.391. The van der Waals surface area contributed by atoms with E-state index in [0.29, 0.717) is 19.8 Å². The van der Waals surface area contributed by atoms with Crippen molar-refractivity contribution < 1.29 is 9.84 Å². The summed E-state index contributed by atoms with van der Waals surface area (Å²) in [6.45, 7) is 4.18. The van der Waals surface area contributed by atoms with Gasteiger partial charge in [0.25, 0.3) is 0 Å². The maximum atomic E-state index is 9.98. The van der Waals surface area contributed by atoms with Gasteiger partial charge in [0.05, 0.1) is 37.3 Å². The number of phenolic OH excluding ortho intramolecular Hbond substituents is 1. The van der Waals surface area contributed by atoms with Gasteiger partial charge in [-0.1, -0.05) is 17.3 Å². The molecule has 1 atom stereocenters. The van der Waals surface area contributed by atoms with Crippen LogP contribution in [0.4, 0.5) is 5.69 Å². The molecule has 2 aliphatic rings. The van der Waals surface area contributed by atoms with Crippen molar-refractivity contribution in [2.24, 2.45) is 4.99 Å². The van der Waals surface area contributed by atoms with E-state index < -0.39 is 0 Å². The van der Waals surface area contributed by atoms with Crippen LogP contribution in [0.2, 0.25) is 0 Å². The number of amidine groups is 1. The predicted molar refractivity (Wildman–Crippen MR) is 124 cm³/mol. The number of fused-ring (bicyclic) bond motifs is 1. The Bertz CT molecular complexity index is 1150. The number of hydrogen-bond acceptors (Lipinski definition) is 9. The number of nitrogens with one attached hydrogen (secondary N) is 1. The van der Waals surface area contributed by atoms with Gasteiger partial charge in [-0.05, 0) is 37.9 Å². The summed E-state index contributed by atoms with van der Waals surface area (Å²) < 4.78 is 7.36. The average molecular weight is 449 g/mol. The molecule has 0 aliphatic carbocycles. The standard InChI is InChI=1S/C23H28N8O2/c1-29(2)14-18-15-31(28-27-18)13-16-10-20-21(24-12-16)23(30-6-8-33-9-7-30)26-22(25-20)17-4-3-5-19(32)11-17/h3-5,10-12,15,22,25,32H,6-9,13-14H2,1-2H3. The van der Waals surface area contributed by atoms with Crippen molar-refractivity contribution in [3.05, 3.63) is 65.2 Å². The lowest BCUT2D eigenvalue weighted by Gasteiger charge is -2.34. The van der Waals surface area contributed by atoms with Gasteiger partial charge in [0.1, 0.15) is 17.6 Å². The van der Waals surface area contributed by atoms with Crippen LogP contribution in [0.25, 0.3) is 0 Å². The summed E-state index contributed by atoms with van der Waals surface area (Å²) in [5, 5.41) is 22.0. The quantitative estimate of drug-likeness (QED) is 0.608. The van der Waals surface area contributed by atoms with Crippen LogP contribution in [0.5, 0.6) is 5.75 Å². The van der Waals surface area contributed by atoms with Gasteiger partial charge in [0, 0.05) is 31.4 Å². The third-order valence-corrected chi connectivity index (χ3v) is 5.61. The van der Waals surface area contributed by atoms with Crippen LogP contribution in [-0.4, -0.2) is 81.1 Å². The van der Waals surface area contributed by atoms with Crippen molar-refractivity contribution in [3.63, 3.8) is 0 Å². The first-order chi connectivity index (χ1) is 16.0. The molecule has 4 heterocycles. The van der Waals surface area contributed by atoms with Gasteiger partial charge in [-0.2, -0.15) is 0 Å². The van der Waals surface area contributed by atoms with Crippen molar-refractivity contribution in [2.45, 2.75) is 19.3 Å². The summed E-state index contributed by atoms with van der Waals surface area (Å²) in [5.74, 6) is 1.07. The maximum absolute atomic E-state index is 9.98. The zero-order chi connectivity index (χ0) is 22.8. The Balaban J connectivity index is 1.45. The van der Waals surface area contributed by atoms with E-state index in [1.54, 1.807) is 12.1 Å². The summed E-state index contributed by atoms with van der Waals surface area (Å²) in [6.07, 6.45) is 3.51. The topological polar surface area (TPSA) is 104 Å². The molecule has 1 unspecified atom stereocenters. The molecule has 2 aromatic heterocycles. The monoisotopic (exact) mass is 448 g/mol. The van der Waals surface area contributed by atoms with Crippen molar-refractivity contribution in [1.29, 1.82) is 0 Å². The molecule has 0 amide bonds. The zero-order valence-electron chi connectivity index (χ0n) is 18.8. The Morgan fingerprint density at radius 1 is 1.21 bits per heavy atom. The first-order valence-electron chi connectivity index (χ1n) is 11.0. The molecule has 1 aromatic carbocycles. The Morgan fingerprint density at radius 3 is 2.85 bits per heavy atom. The van der Waals surface area contributed by atoms with E-state index in [4.69, 9.17) is 14.7 Å². The molecule has 0 radical (unpaired) electrons. The van der Waals surface area contributed by atoms with Gasteiger partial charge in [0.15, 0.2) is 5.84 Å². The van der Waals surface area contributed by atoms with Crippen molar-refractivity contribution in [2.75, 3.05) is 45.7 Å². The van der Waals surface area contributed by atoms with Gasteiger partial charge < -0.3 is 25.0 Å². The second kappa shape index (κ2) is 9.16. The number of nitrogens with zero attached hydrogens (tertiary/aromatic N) is 7. The number of aromatic nitrogens is 4. The molecule has 10 heteroatoms. The van der Waals surface area contributed by atoms with Gasteiger partial charge in [-0.3, -0.25) is 4.98 Å². The molecule has 0 bridgehead atoms. The third-order valence-electron chi connectivity index (χ3n) is 5.61. The molecule has 3 aromatic rings. The summed E-state index contributed by atoms with van der Waals surface area (Å²) in [6, 6.07) is 9.29. The number of anilines is 1. The lowest BCUT2D eigenvalue weighted by molar-refractivity contribution is 0.0679. The van der Waals surface area contributed by atoms with E-state index in [1.165, 1.54) is 0 Å². The van der Waals surface area contributed by atoms with Gasteiger partial charge >= 0.3 is 0 Å². The van der Waals surface area contributed by atoms with Gasteiger partial charge in [-0.15, -0.1) is 5.10 Å². The first kappa shape index (κ1) is 21.4. The number of rotatable bonds is 5. The maximum Gasteiger partial charge on any atom is 0.154 e. The lowest BCUT2D eigenvalue weighted by Crippen LogP contribution is -2.43. The second-order valence-electron chi connectivity index (χ2n) is 8.58. The Labute approximate surface area is 192 Å². The highest BCUT2D eigenvalue weighted by Crippen LogP contribution is 2.32. The summed E-state index contributed by atoms with van der Waals surface area (Å²) in [7, 11) is 4.02. The van der Waals surface area contributed by atoms with E-state index in [2.05, 4.69) is 31.5 Å². The molecule has 5 rings (SSSR count). The van der Waals surface area contributed by atoms with E-state index in [1.807, 2.05) is 43.3 Å². The normalized spacial score (nSPS) is 18.1. The molecule has 1 fully saturated rings. The van der Waals surface area contributed by atoms with Gasteiger partial charge in [0.2, 0.25) is 0 Å². The lowest BCUT2D eigenvalue weighted by atomic mass is 10.1. The minimum Gasteiger partial charge on any atom is -0.508 e. The van der Waals surface area contributed by atoms with Crippen molar-refractivity contribution in [3.8, 4) is 5.75 Å². The van der Waals surface area contributed by atoms with Crippen LogP contribution < -0.4 is 5.32 Å². The highest BCUT2D eigenvalue weighted by Gasteiger charge is 2.28. The van der Waals surface area contributed by atoms with Crippen LogP contribution in [0.1, 0.15) is 28.7 Å². The number of aromatic hydroxyl groups is 1. The second-order valence-corrected chi connectivity index (χ2v) is 8.58. The Hall–Kier alpha value is -3.50. The Kier molecular flexibility index (Phi) is 5.93. The smallest absolute Gasteiger partial charge is 0.154 e. The van der Waals surface area contributed by atoms with E-state index in [0.717, 1.165) is 53.7 Å². The van der Waals surface area contributed by atoms with E-state index in [9.17, 15) is 5.11 Å². The van der Waals surface area contributed by atoms with Crippen LogP contribution in [-0.2, 0) is 17.8 Å². The SMILES string of the molecule is CN(C)Cc1cn(Cc2cnc3c(c2)NC(c2cccc(O)c2)N=C3N2CCOCC2)nn1. The molecule has 0 spiro atoms. The predicted octanol–water partition coefficient (Wildman–Crippen LogP) is 1.69. The average Bonchev–Trinajstić information content (AvgIpc) is 3.24. The minimum atomic E-state index is -0.322. The molecule has 33 heavy (non-hydrogen) atoms. The van der Waals surface area contributed by atoms with Crippen LogP contribution >= 0.6 is 0 Å². The molecule has 10 nitrogen and oxygen atoms in total. The Morgan fingerprint density at radius 2 is 2.06 bits per heavy atom. The number of benzene rings is 1. The summed E-state index contributed by atoms with van der Waals surface area (Å²) >= 11 is 0. The van der Waals surface area contributed by atoms with Gasteiger partial charge in [-0.25, -0.2) is 9.67 Å². The molecular formula is C23H28N8O2. The first-order valence-corrected chi connectivity index (χ1v) is 11.0. The summed E-state index contributed by atoms with van der Waals surface area (Å²) in [4.78, 5) is 14.0. The highest BCUT2D eigenvalue weighted by molar-refractivity contribution is 6.03. The fourth-order valence-electron chi connectivity index (χ4n) is 4.10. The molecule has 172 valence electrons.